The molecule has 0 aromatic carbocycles. The molecule has 3 heteroatoms. The average Bonchev–Trinajstić information content (AvgIpc) is 2.48. The topological polar surface area (TPSA) is 26.3 Å². The lowest BCUT2D eigenvalue weighted by Crippen LogP contribution is -1.98. The molecule has 0 heterocycles. The molecule has 0 unspecified atom stereocenters. The summed E-state index contributed by atoms with van der Waals surface area (Å²) in [5.74, 6) is -0.300. The molecule has 0 bridgehead atoms. The summed E-state index contributed by atoms with van der Waals surface area (Å²) in [5, 5.41) is 0.876. The van der Waals surface area contributed by atoms with E-state index in [-0.39, 0.29) is 5.97 Å². The van der Waals surface area contributed by atoms with E-state index in [0.717, 1.165) is 29.9 Å². The van der Waals surface area contributed by atoms with Crippen LogP contribution in [-0.4, -0.2) is 12.6 Å². The summed E-state index contributed by atoms with van der Waals surface area (Å²) in [5.41, 5.74) is 1.06. The second-order valence-corrected chi connectivity index (χ2v) is 3.33. The lowest BCUT2D eigenvalue weighted by Gasteiger charge is -1.95. The molecule has 1 aliphatic rings. The van der Waals surface area contributed by atoms with Crippen LogP contribution >= 0.6 is 11.6 Å². The van der Waals surface area contributed by atoms with Gasteiger partial charge in [0.15, 0.2) is 0 Å². The van der Waals surface area contributed by atoms with Gasteiger partial charge in [-0.1, -0.05) is 17.7 Å². The Kier molecular flexibility index (Phi) is 4.03. The third kappa shape index (κ3) is 3.23. The van der Waals surface area contributed by atoms with Crippen molar-refractivity contribution in [2.75, 3.05) is 6.61 Å². The summed E-state index contributed by atoms with van der Waals surface area (Å²) >= 11 is 5.92. The van der Waals surface area contributed by atoms with Gasteiger partial charge in [0.05, 0.1) is 6.61 Å². The van der Waals surface area contributed by atoms with Gasteiger partial charge in [-0.15, -0.1) is 0 Å². The lowest BCUT2D eigenvalue weighted by atomic mass is 10.2. The molecule has 0 aromatic heterocycles. The van der Waals surface area contributed by atoms with Gasteiger partial charge >= 0.3 is 5.97 Å². The first-order valence-corrected chi connectivity index (χ1v) is 4.84. The predicted octanol–water partition coefficient (Wildman–Crippen LogP) is 2.78. The van der Waals surface area contributed by atoms with Crippen LogP contribution in [0.25, 0.3) is 0 Å². The van der Waals surface area contributed by atoms with Crippen LogP contribution in [0.5, 0.6) is 0 Å². The highest BCUT2D eigenvalue weighted by atomic mass is 35.5. The third-order valence-corrected chi connectivity index (χ3v) is 2.33. The standard InChI is InChI=1S/C10H13ClO2/c1-2-13-10(12)7-6-8-4-3-5-9(8)11/h6-7H,2-5H2,1H3. The minimum absolute atomic E-state index is 0.300. The van der Waals surface area contributed by atoms with Crippen molar-refractivity contribution in [3.8, 4) is 0 Å². The van der Waals surface area contributed by atoms with Crippen LogP contribution < -0.4 is 0 Å². The number of esters is 1. The quantitative estimate of drug-likeness (QED) is 0.517. The number of hydrogen-bond donors (Lipinski definition) is 0. The number of hydrogen-bond acceptors (Lipinski definition) is 2. The van der Waals surface area contributed by atoms with E-state index in [1.165, 1.54) is 6.08 Å². The number of carbonyl (C=O) groups excluding carboxylic acids is 1. The smallest absolute Gasteiger partial charge is 0.330 e. The molecule has 0 saturated heterocycles. The Morgan fingerprint density at radius 3 is 2.92 bits per heavy atom. The Bertz CT molecular complexity index is 254. The molecule has 72 valence electrons. The molecule has 2 nitrogen and oxygen atoms in total. The molecule has 1 aliphatic carbocycles. The van der Waals surface area contributed by atoms with E-state index < -0.39 is 0 Å². The first-order valence-electron chi connectivity index (χ1n) is 4.46. The third-order valence-electron chi connectivity index (χ3n) is 1.90. The molecular weight excluding hydrogens is 188 g/mol. The van der Waals surface area contributed by atoms with Crippen molar-refractivity contribution in [1.29, 1.82) is 0 Å². The summed E-state index contributed by atoms with van der Waals surface area (Å²) in [6, 6.07) is 0. The van der Waals surface area contributed by atoms with Gasteiger partial charge in [0.1, 0.15) is 0 Å². The number of ether oxygens (including phenoxy) is 1. The van der Waals surface area contributed by atoms with Crippen LogP contribution in [0.1, 0.15) is 26.2 Å². The largest absolute Gasteiger partial charge is 0.463 e. The summed E-state index contributed by atoms with van der Waals surface area (Å²) < 4.78 is 4.75. The Morgan fingerprint density at radius 2 is 2.38 bits per heavy atom. The number of rotatable bonds is 3. The minimum Gasteiger partial charge on any atom is -0.463 e. The molecule has 0 amide bonds. The van der Waals surface area contributed by atoms with E-state index in [2.05, 4.69) is 0 Å². The SMILES string of the molecule is CCOC(=O)C=CC1=C(Cl)CCC1. The van der Waals surface area contributed by atoms with Crippen molar-refractivity contribution in [3.63, 3.8) is 0 Å². The Morgan fingerprint density at radius 1 is 1.62 bits per heavy atom. The van der Waals surface area contributed by atoms with E-state index in [0.29, 0.717) is 6.61 Å². The van der Waals surface area contributed by atoms with Crippen LogP contribution in [0.2, 0.25) is 0 Å². The van der Waals surface area contributed by atoms with Crippen LogP contribution in [0, 0.1) is 0 Å². The maximum atomic E-state index is 10.9. The van der Waals surface area contributed by atoms with Crippen LogP contribution in [0.4, 0.5) is 0 Å². The van der Waals surface area contributed by atoms with Gasteiger partial charge in [0.25, 0.3) is 0 Å². The summed E-state index contributed by atoms with van der Waals surface area (Å²) in [7, 11) is 0. The Hall–Kier alpha value is -0.760. The summed E-state index contributed by atoms with van der Waals surface area (Å²) in [6.07, 6.45) is 6.18. The average molecular weight is 201 g/mol. The molecule has 0 radical (unpaired) electrons. The molecule has 1 rings (SSSR count). The zero-order valence-electron chi connectivity index (χ0n) is 7.68. The molecule has 0 spiro atoms. The zero-order chi connectivity index (χ0) is 9.68. The van der Waals surface area contributed by atoms with Crippen LogP contribution in [-0.2, 0) is 9.53 Å². The maximum Gasteiger partial charge on any atom is 0.330 e. The molecular formula is C10H13ClO2. The second kappa shape index (κ2) is 5.07. The van der Waals surface area contributed by atoms with E-state index in [1.807, 2.05) is 0 Å². The fraction of sp³-hybridized carbons (Fsp3) is 0.500. The number of carbonyl (C=O) groups is 1. The van der Waals surface area contributed by atoms with Gasteiger partial charge in [0, 0.05) is 11.1 Å². The molecule has 0 aliphatic heterocycles. The lowest BCUT2D eigenvalue weighted by molar-refractivity contribution is -0.137. The van der Waals surface area contributed by atoms with Gasteiger partial charge in [-0.25, -0.2) is 4.79 Å². The minimum atomic E-state index is -0.300. The van der Waals surface area contributed by atoms with Crippen molar-refractivity contribution >= 4 is 17.6 Å². The van der Waals surface area contributed by atoms with Gasteiger partial charge in [-0.3, -0.25) is 0 Å². The van der Waals surface area contributed by atoms with E-state index in [4.69, 9.17) is 16.3 Å². The molecule has 13 heavy (non-hydrogen) atoms. The van der Waals surface area contributed by atoms with Crippen molar-refractivity contribution in [1.82, 2.24) is 0 Å². The van der Waals surface area contributed by atoms with Crippen LogP contribution in [0.3, 0.4) is 0 Å². The number of allylic oxidation sites excluding steroid dienone is 3. The highest BCUT2D eigenvalue weighted by Crippen LogP contribution is 2.29. The van der Waals surface area contributed by atoms with Gasteiger partial charge in [0.2, 0.25) is 0 Å². The molecule has 0 atom stereocenters. The molecule has 0 aromatic rings. The number of halogens is 1. The normalized spacial score (nSPS) is 17.1. The summed E-state index contributed by atoms with van der Waals surface area (Å²) in [4.78, 5) is 10.9. The highest BCUT2D eigenvalue weighted by Gasteiger charge is 2.09. The predicted molar refractivity (Wildman–Crippen MR) is 52.5 cm³/mol. The Labute approximate surface area is 83.2 Å². The molecule has 0 fully saturated rings. The van der Waals surface area contributed by atoms with Crippen molar-refractivity contribution < 1.29 is 9.53 Å². The van der Waals surface area contributed by atoms with Gasteiger partial charge in [-0.05, 0) is 31.8 Å². The van der Waals surface area contributed by atoms with E-state index in [9.17, 15) is 4.79 Å². The molecule has 0 saturated carbocycles. The second-order valence-electron chi connectivity index (χ2n) is 2.87. The first kappa shape index (κ1) is 10.3. The highest BCUT2D eigenvalue weighted by molar-refractivity contribution is 6.30. The Balaban J connectivity index is 2.48. The fourth-order valence-electron chi connectivity index (χ4n) is 1.26. The summed E-state index contributed by atoms with van der Waals surface area (Å²) in [6.45, 7) is 2.20. The van der Waals surface area contributed by atoms with E-state index >= 15 is 0 Å². The first-order chi connectivity index (χ1) is 6.24. The molecule has 0 N–H and O–H groups in total. The van der Waals surface area contributed by atoms with Crippen molar-refractivity contribution in [2.45, 2.75) is 26.2 Å². The van der Waals surface area contributed by atoms with Gasteiger partial charge in [-0.2, -0.15) is 0 Å². The maximum absolute atomic E-state index is 10.9. The monoisotopic (exact) mass is 200 g/mol. The van der Waals surface area contributed by atoms with Crippen LogP contribution in [0.15, 0.2) is 22.8 Å². The van der Waals surface area contributed by atoms with Crippen molar-refractivity contribution in [2.24, 2.45) is 0 Å². The fourth-order valence-corrected chi connectivity index (χ4v) is 1.55. The van der Waals surface area contributed by atoms with E-state index in [1.54, 1.807) is 13.0 Å². The zero-order valence-corrected chi connectivity index (χ0v) is 8.43. The van der Waals surface area contributed by atoms with Crippen molar-refractivity contribution in [3.05, 3.63) is 22.8 Å². The van der Waals surface area contributed by atoms with Gasteiger partial charge < -0.3 is 4.74 Å².